The summed E-state index contributed by atoms with van der Waals surface area (Å²) in [5.74, 6) is 0.637. The molecule has 1 saturated heterocycles. The van der Waals surface area contributed by atoms with Gasteiger partial charge in [-0.1, -0.05) is 0 Å². The van der Waals surface area contributed by atoms with Crippen LogP contribution >= 0.6 is 0 Å². The van der Waals surface area contributed by atoms with Gasteiger partial charge in [0.1, 0.15) is 12.0 Å². The van der Waals surface area contributed by atoms with Crippen LogP contribution in [0.1, 0.15) is 36.1 Å². The summed E-state index contributed by atoms with van der Waals surface area (Å²) in [5.41, 5.74) is 0.437. The maximum atomic E-state index is 11.0. The van der Waals surface area contributed by atoms with Gasteiger partial charge in [0.25, 0.3) is 0 Å². The van der Waals surface area contributed by atoms with Crippen LogP contribution in [-0.2, 0) is 6.42 Å². The van der Waals surface area contributed by atoms with Crippen molar-refractivity contribution in [2.75, 3.05) is 19.6 Å². The molecule has 0 saturated carbocycles. The Bertz CT molecular complexity index is 340. The zero-order chi connectivity index (χ0) is 10.7. The highest BCUT2D eigenvalue weighted by molar-refractivity contribution is 5.91. The van der Waals surface area contributed by atoms with E-state index in [1.54, 1.807) is 0 Å². The summed E-state index contributed by atoms with van der Waals surface area (Å²) in [5, 5.41) is 0. The minimum atomic E-state index is -0.0360. The first kappa shape index (κ1) is 10.4. The van der Waals surface area contributed by atoms with Crippen molar-refractivity contribution in [2.24, 2.45) is 0 Å². The Morgan fingerprint density at radius 3 is 2.87 bits per heavy atom. The van der Waals surface area contributed by atoms with Crippen LogP contribution in [0, 0.1) is 0 Å². The third kappa shape index (κ3) is 2.65. The first-order valence-electron chi connectivity index (χ1n) is 5.43. The average Bonchev–Trinajstić information content (AvgIpc) is 2.86. The maximum absolute atomic E-state index is 11.0. The first-order valence-corrected chi connectivity index (χ1v) is 5.43. The van der Waals surface area contributed by atoms with Gasteiger partial charge in [-0.25, -0.2) is 4.98 Å². The van der Waals surface area contributed by atoms with E-state index in [0.717, 1.165) is 13.0 Å². The van der Waals surface area contributed by atoms with Crippen LogP contribution in [0.2, 0.25) is 0 Å². The van der Waals surface area contributed by atoms with Crippen LogP contribution in [0.5, 0.6) is 0 Å². The van der Waals surface area contributed by atoms with E-state index in [4.69, 9.17) is 4.42 Å². The van der Waals surface area contributed by atoms with Gasteiger partial charge in [0, 0.05) is 19.9 Å². The number of likely N-dealkylation sites (tertiary alicyclic amines) is 1. The van der Waals surface area contributed by atoms with E-state index in [9.17, 15) is 4.79 Å². The molecule has 1 aliphatic rings. The van der Waals surface area contributed by atoms with Crippen molar-refractivity contribution in [2.45, 2.75) is 26.2 Å². The van der Waals surface area contributed by atoms with E-state index in [0.29, 0.717) is 11.6 Å². The molecule has 1 fully saturated rings. The summed E-state index contributed by atoms with van der Waals surface area (Å²) in [4.78, 5) is 17.5. The molecule has 0 aromatic carbocycles. The monoisotopic (exact) mass is 208 g/mol. The highest BCUT2D eigenvalue weighted by Crippen LogP contribution is 2.09. The van der Waals surface area contributed by atoms with Crippen molar-refractivity contribution in [3.63, 3.8) is 0 Å². The molecule has 1 aromatic heterocycles. The van der Waals surface area contributed by atoms with Crippen molar-refractivity contribution in [1.82, 2.24) is 9.88 Å². The van der Waals surface area contributed by atoms with Gasteiger partial charge in [-0.2, -0.15) is 0 Å². The van der Waals surface area contributed by atoms with Crippen LogP contribution in [0.25, 0.3) is 0 Å². The minimum absolute atomic E-state index is 0.0360. The van der Waals surface area contributed by atoms with E-state index in [-0.39, 0.29) is 5.78 Å². The van der Waals surface area contributed by atoms with Gasteiger partial charge in [0.15, 0.2) is 11.7 Å². The number of rotatable bonds is 4. The van der Waals surface area contributed by atoms with Gasteiger partial charge in [-0.15, -0.1) is 0 Å². The lowest BCUT2D eigenvalue weighted by molar-refractivity contribution is 0.101. The summed E-state index contributed by atoms with van der Waals surface area (Å²) in [7, 11) is 0. The molecule has 0 aliphatic carbocycles. The number of carbonyl (C=O) groups excluding carboxylic acids is 1. The number of Topliss-reactive ketones (excluding diaryl/α,β-unsaturated/α-hetero) is 1. The first-order chi connectivity index (χ1) is 7.25. The third-order valence-corrected chi connectivity index (χ3v) is 2.75. The standard InChI is InChI=1S/C11H16N2O2/c1-9(14)10-8-15-11(12-10)4-7-13-5-2-3-6-13/h8H,2-7H2,1H3. The second-order valence-electron chi connectivity index (χ2n) is 3.98. The van der Waals surface area contributed by atoms with Crippen LogP contribution in [-0.4, -0.2) is 35.3 Å². The second-order valence-corrected chi connectivity index (χ2v) is 3.98. The Kier molecular flexibility index (Phi) is 3.16. The summed E-state index contributed by atoms with van der Waals surface area (Å²) < 4.78 is 5.23. The summed E-state index contributed by atoms with van der Waals surface area (Å²) in [6.07, 6.45) is 4.84. The van der Waals surface area contributed by atoms with Crippen molar-refractivity contribution in [3.8, 4) is 0 Å². The molecule has 0 amide bonds. The van der Waals surface area contributed by atoms with Gasteiger partial charge in [0.2, 0.25) is 0 Å². The lowest BCUT2D eigenvalue weighted by atomic mass is 10.3. The Balaban J connectivity index is 1.84. The van der Waals surface area contributed by atoms with Gasteiger partial charge in [-0.3, -0.25) is 4.79 Å². The Morgan fingerprint density at radius 1 is 1.53 bits per heavy atom. The number of hydrogen-bond donors (Lipinski definition) is 0. The number of hydrogen-bond acceptors (Lipinski definition) is 4. The molecule has 0 bridgehead atoms. The van der Waals surface area contributed by atoms with E-state index in [1.165, 1.54) is 39.1 Å². The number of aromatic nitrogens is 1. The Labute approximate surface area is 89.3 Å². The molecule has 0 N–H and O–H groups in total. The Hall–Kier alpha value is -1.16. The number of carbonyl (C=O) groups is 1. The van der Waals surface area contributed by atoms with E-state index >= 15 is 0 Å². The summed E-state index contributed by atoms with van der Waals surface area (Å²) >= 11 is 0. The lowest BCUT2D eigenvalue weighted by Crippen LogP contribution is -2.22. The molecule has 82 valence electrons. The van der Waals surface area contributed by atoms with Crippen LogP contribution < -0.4 is 0 Å². The van der Waals surface area contributed by atoms with Crippen molar-refractivity contribution >= 4 is 5.78 Å². The predicted octanol–water partition coefficient (Wildman–Crippen LogP) is 1.52. The molecule has 0 unspecified atom stereocenters. The summed E-state index contributed by atoms with van der Waals surface area (Å²) in [6, 6.07) is 0. The number of oxazole rings is 1. The molecular formula is C11H16N2O2. The predicted molar refractivity (Wildman–Crippen MR) is 55.9 cm³/mol. The van der Waals surface area contributed by atoms with E-state index in [2.05, 4.69) is 9.88 Å². The fourth-order valence-corrected chi connectivity index (χ4v) is 1.85. The second kappa shape index (κ2) is 4.57. The van der Waals surface area contributed by atoms with Crippen LogP contribution in [0.4, 0.5) is 0 Å². The molecule has 0 spiro atoms. The van der Waals surface area contributed by atoms with Crippen LogP contribution in [0.3, 0.4) is 0 Å². The third-order valence-electron chi connectivity index (χ3n) is 2.75. The van der Waals surface area contributed by atoms with Crippen molar-refractivity contribution in [3.05, 3.63) is 17.8 Å². The number of nitrogens with zero attached hydrogens (tertiary/aromatic N) is 2. The van der Waals surface area contributed by atoms with E-state index in [1.807, 2.05) is 0 Å². The van der Waals surface area contributed by atoms with Crippen LogP contribution in [0.15, 0.2) is 10.7 Å². The van der Waals surface area contributed by atoms with Gasteiger partial charge in [-0.05, 0) is 25.9 Å². The summed E-state index contributed by atoms with van der Waals surface area (Å²) in [6.45, 7) is 4.85. The maximum Gasteiger partial charge on any atom is 0.195 e. The molecule has 1 aliphatic heterocycles. The molecule has 0 radical (unpaired) electrons. The van der Waals surface area contributed by atoms with Gasteiger partial charge >= 0.3 is 0 Å². The lowest BCUT2D eigenvalue weighted by Gasteiger charge is -2.12. The zero-order valence-corrected chi connectivity index (χ0v) is 9.03. The molecule has 1 aromatic rings. The minimum Gasteiger partial charge on any atom is -0.448 e. The van der Waals surface area contributed by atoms with Gasteiger partial charge in [0.05, 0.1) is 0 Å². The quantitative estimate of drug-likeness (QED) is 0.704. The average molecular weight is 208 g/mol. The zero-order valence-electron chi connectivity index (χ0n) is 9.03. The molecule has 4 nitrogen and oxygen atoms in total. The SMILES string of the molecule is CC(=O)c1coc(CCN2CCCC2)n1. The molecule has 2 heterocycles. The molecule has 2 rings (SSSR count). The van der Waals surface area contributed by atoms with Gasteiger partial charge < -0.3 is 9.32 Å². The molecule has 0 atom stereocenters. The fourth-order valence-electron chi connectivity index (χ4n) is 1.85. The van der Waals surface area contributed by atoms with Crippen molar-refractivity contribution < 1.29 is 9.21 Å². The van der Waals surface area contributed by atoms with E-state index < -0.39 is 0 Å². The highest BCUT2D eigenvalue weighted by atomic mass is 16.3. The fraction of sp³-hybridized carbons (Fsp3) is 0.636. The highest BCUT2D eigenvalue weighted by Gasteiger charge is 2.13. The Morgan fingerprint density at radius 2 is 2.27 bits per heavy atom. The molecule has 15 heavy (non-hydrogen) atoms. The normalized spacial score (nSPS) is 17.1. The molecule has 4 heteroatoms. The van der Waals surface area contributed by atoms with Crippen molar-refractivity contribution in [1.29, 1.82) is 0 Å². The topological polar surface area (TPSA) is 46.3 Å². The smallest absolute Gasteiger partial charge is 0.195 e. The molecular weight excluding hydrogens is 192 g/mol. The largest absolute Gasteiger partial charge is 0.448 e. The number of ketones is 1.